The Morgan fingerprint density at radius 1 is 0.974 bits per heavy atom. The molecule has 2 amide bonds. The largest absolute Gasteiger partial charge is 0.462 e. The molecule has 0 spiro atoms. The van der Waals surface area contributed by atoms with Gasteiger partial charge in [-0.3, -0.25) is 9.59 Å². The number of benzene rings is 2. The number of nitrogens with zero attached hydrogens (tertiary/aromatic N) is 4. The second kappa shape index (κ2) is 12.4. The van der Waals surface area contributed by atoms with Crippen LogP contribution in [0.25, 0.3) is 11.3 Å². The van der Waals surface area contributed by atoms with Crippen molar-refractivity contribution in [2.75, 3.05) is 32.8 Å². The van der Waals surface area contributed by atoms with Crippen molar-refractivity contribution in [2.24, 2.45) is 0 Å². The molecule has 0 radical (unpaired) electrons. The zero-order valence-electron chi connectivity index (χ0n) is 21.9. The predicted molar refractivity (Wildman–Crippen MR) is 141 cm³/mol. The van der Waals surface area contributed by atoms with Gasteiger partial charge in [-0.25, -0.2) is 14.8 Å². The lowest BCUT2D eigenvalue weighted by Crippen LogP contribution is -2.56. The Bertz CT molecular complexity index is 1280. The van der Waals surface area contributed by atoms with Crippen LogP contribution in [0.1, 0.15) is 46.1 Å². The van der Waals surface area contributed by atoms with E-state index in [1.54, 1.807) is 23.6 Å². The minimum absolute atomic E-state index is 0.00738. The van der Waals surface area contributed by atoms with Gasteiger partial charge in [-0.2, -0.15) is 0 Å². The van der Waals surface area contributed by atoms with Crippen LogP contribution >= 0.6 is 0 Å². The van der Waals surface area contributed by atoms with Gasteiger partial charge in [0.15, 0.2) is 0 Å². The number of aromatic nitrogens is 2. The van der Waals surface area contributed by atoms with Gasteiger partial charge in [-0.15, -0.1) is 0 Å². The molecule has 3 aromatic rings. The number of carbonyl (C=O) groups is 3. The average molecular weight is 517 g/mol. The van der Waals surface area contributed by atoms with Crippen molar-refractivity contribution in [1.82, 2.24) is 19.8 Å². The van der Waals surface area contributed by atoms with E-state index in [1.165, 1.54) is 0 Å². The van der Waals surface area contributed by atoms with Crippen LogP contribution in [-0.2, 0) is 20.9 Å². The smallest absolute Gasteiger partial charge is 0.342 e. The Morgan fingerprint density at radius 2 is 1.66 bits per heavy atom. The van der Waals surface area contributed by atoms with Crippen LogP contribution in [0.15, 0.2) is 60.7 Å². The summed E-state index contributed by atoms with van der Waals surface area (Å²) >= 11 is 0. The number of ether oxygens (including phenoxy) is 2. The van der Waals surface area contributed by atoms with Gasteiger partial charge < -0.3 is 19.3 Å². The molecule has 38 heavy (non-hydrogen) atoms. The van der Waals surface area contributed by atoms with Crippen molar-refractivity contribution in [3.63, 3.8) is 0 Å². The zero-order chi connectivity index (χ0) is 27.1. The van der Waals surface area contributed by atoms with Crippen LogP contribution < -0.4 is 0 Å². The normalized spacial score (nSPS) is 15.3. The summed E-state index contributed by atoms with van der Waals surface area (Å²) in [5.74, 6) is -0.795. The highest BCUT2D eigenvalue weighted by Gasteiger charge is 2.34. The van der Waals surface area contributed by atoms with E-state index in [9.17, 15) is 14.4 Å². The minimum atomic E-state index is -0.646. The van der Waals surface area contributed by atoms with Gasteiger partial charge in [0.1, 0.15) is 23.7 Å². The van der Waals surface area contributed by atoms with Crippen molar-refractivity contribution in [1.29, 1.82) is 0 Å². The molecular weight excluding hydrogens is 484 g/mol. The lowest BCUT2D eigenvalue weighted by molar-refractivity contribution is -0.140. The standard InChI is InChI=1S/C29H32N4O5/c1-4-38-29(36)25-26(23-13-9-6-10-14-23)30-21(3)31-27(25)28(35)32-15-16-33(20(2)17-32)24(34)19-37-18-22-11-7-5-8-12-22/h5-14,20H,4,15-19H2,1-3H3. The van der Waals surface area contributed by atoms with Crippen molar-refractivity contribution in [2.45, 2.75) is 33.4 Å². The van der Waals surface area contributed by atoms with Crippen molar-refractivity contribution in [3.8, 4) is 11.3 Å². The number of esters is 1. The molecule has 1 unspecified atom stereocenters. The van der Waals surface area contributed by atoms with Crippen LogP contribution in [-0.4, -0.2) is 76.4 Å². The first kappa shape index (κ1) is 26.9. The molecule has 1 aromatic heterocycles. The van der Waals surface area contributed by atoms with E-state index >= 15 is 0 Å². The third-order valence-corrected chi connectivity index (χ3v) is 6.32. The molecular formula is C29H32N4O5. The summed E-state index contributed by atoms with van der Waals surface area (Å²) in [5, 5.41) is 0. The summed E-state index contributed by atoms with van der Waals surface area (Å²) in [7, 11) is 0. The zero-order valence-corrected chi connectivity index (χ0v) is 21.9. The average Bonchev–Trinajstić information content (AvgIpc) is 2.93. The Labute approximate surface area is 222 Å². The van der Waals surface area contributed by atoms with E-state index in [0.29, 0.717) is 43.3 Å². The maximum absolute atomic E-state index is 13.7. The topological polar surface area (TPSA) is 102 Å². The Balaban J connectivity index is 1.50. The predicted octanol–water partition coefficient (Wildman–Crippen LogP) is 3.52. The van der Waals surface area contributed by atoms with Crippen molar-refractivity contribution < 1.29 is 23.9 Å². The van der Waals surface area contributed by atoms with E-state index < -0.39 is 11.9 Å². The first-order chi connectivity index (χ1) is 18.4. The third kappa shape index (κ3) is 6.23. The summed E-state index contributed by atoms with van der Waals surface area (Å²) in [6.45, 7) is 6.71. The lowest BCUT2D eigenvalue weighted by atomic mass is 10.0. The van der Waals surface area contributed by atoms with Crippen LogP contribution in [0.2, 0.25) is 0 Å². The van der Waals surface area contributed by atoms with E-state index in [1.807, 2.05) is 67.6 Å². The summed E-state index contributed by atoms with van der Waals surface area (Å²) in [6, 6.07) is 18.6. The highest BCUT2D eigenvalue weighted by Crippen LogP contribution is 2.26. The van der Waals surface area contributed by atoms with Gasteiger partial charge in [0.2, 0.25) is 5.91 Å². The SMILES string of the molecule is CCOC(=O)c1c(C(=O)N2CCN(C(=O)COCc3ccccc3)C(C)C2)nc(C)nc1-c1ccccc1. The quantitative estimate of drug-likeness (QED) is 0.422. The highest BCUT2D eigenvalue weighted by atomic mass is 16.5. The number of carbonyl (C=O) groups excluding carboxylic acids is 3. The molecule has 0 N–H and O–H groups in total. The second-order valence-electron chi connectivity index (χ2n) is 9.10. The van der Waals surface area contributed by atoms with Gasteiger partial charge in [-0.1, -0.05) is 60.7 Å². The van der Waals surface area contributed by atoms with Gasteiger partial charge in [0, 0.05) is 31.2 Å². The van der Waals surface area contributed by atoms with E-state index in [2.05, 4.69) is 9.97 Å². The van der Waals surface area contributed by atoms with Crippen LogP contribution in [0.3, 0.4) is 0 Å². The highest BCUT2D eigenvalue weighted by molar-refractivity contribution is 6.07. The van der Waals surface area contributed by atoms with Crippen LogP contribution in [0.4, 0.5) is 0 Å². The molecule has 1 atom stereocenters. The van der Waals surface area contributed by atoms with Crippen LogP contribution in [0.5, 0.6) is 0 Å². The maximum atomic E-state index is 13.7. The fraction of sp³-hybridized carbons (Fsp3) is 0.345. The summed E-state index contributed by atoms with van der Waals surface area (Å²) < 4.78 is 10.9. The Kier molecular flexibility index (Phi) is 8.81. The van der Waals surface area contributed by atoms with Crippen molar-refractivity contribution >= 4 is 17.8 Å². The third-order valence-electron chi connectivity index (χ3n) is 6.32. The first-order valence-electron chi connectivity index (χ1n) is 12.7. The summed E-state index contributed by atoms with van der Waals surface area (Å²) in [4.78, 5) is 51.8. The molecule has 0 bridgehead atoms. The molecule has 1 fully saturated rings. The van der Waals surface area contributed by atoms with E-state index in [4.69, 9.17) is 9.47 Å². The van der Waals surface area contributed by atoms with Gasteiger partial charge in [0.25, 0.3) is 5.91 Å². The molecule has 2 aromatic carbocycles. The number of rotatable bonds is 8. The monoisotopic (exact) mass is 516 g/mol. The van der Waals surface area contributed by atoms with Crippen LogP contribution in [0, 0.1) is 6.92 Å². The molecule has 4 rings (SSSR count). The first-order valence-corrected chi connectivity index (χ1v) is 12.7. The molecule has 0 saturated carbocycles. The minimum Gasteiger partial charge on any atom is -0.462 e. The Hall–Kier alpha value is -4.11. The molecule has 1 saturated heterocycles. The van der Waals surface area contributed by atoms with E-state index in [-0.39, 0.29) is 36.4 Å². The fourth-order valence-corrected chi connectivity index (χ4v) is 4.50. The number of piperazine rings is 1. The van der Waals surface area contributed by atoms with Crippen molar-refractivity contribution in [3.05, 3.63) is 83.3 Å². The fourth-order valence-electron chi connectivity index (χ4n) is 4.50. The van der Waals surface area contributed by atoms with Gasteiger partial charge in [-0.05, 0) is 26.3 Å². The molecule has 9 nitrogen and oxygen atoms in total. The number of hydrogen-bond acceptors (Lipinski definition) is 7. The number of aryl methyl sites for hydroxylation is 1. The molecule has 1 aliphatic heterocycles. The second-order valence-corrected chi connectivity index (χ2v) is 9.10. The number of amides is 2. The summed E-state index contributed by atoms with van der Waals surface area (Å²) in [6.07, 6.45) is 0. The summed E-state index contributed by atoms with van der Waals surface area (Å²) in [5.41, 5.74) is 2.10. The van der Waals surface area contributed by atoms with Gasteiger partial charge in [0.05, 0.1) is 18.9 Å². The molecule has 198 valence electrons. The molecule has 0 aliphatic carbocycles. The maximum Gasteiger partial charge on any atom is 0.342 e. The van der Waals surface area contributed by atoms with E-state index in [0.717, 1.165) is 5.56 Å². The Morgan fingerprint density at radius 3 is 2.32 bits per heavy atom. The molecule has 1 aliphatic rings. The molecule has 2 heterocycles. The lowest BCUT2D eigenvalue weighted by Gasteiger charge is -2.39. The number of hydrogen-bond donors (Lipinski definition) is 0. The molecule has 9 heteroatoms. The van der Waals surface area contributed by atoms with Gasteiger partial charge >= 0.3 is 5.97 Å².